The lowest BCUT2D eigenvalue weighted by atomic mass is 9.98. The SMILES string of the molecule is C[C@@H](CCN1CC[C@H](c2cc(=O)[nH]c(-c3ccncc3)n2)C1)c1ccccc1. The van der Waals surface area contributed by atoms with Crippen LogP contribution in [-0.4, -0.2) is 39.5 Å². The highest BCUT2D eigenvalue weighted by atomic mass is 16.1. The van der Waals surface area contributed by atoms with Crippen LogP contribution < -0.4 is 5.56 Å². The monoisotopic (exact) mass is 374 g/mol. The van der Waals surface area contributed by atoms with E-state index in [4.69, 9.17) is 4.98 Å². The van der Waals surface area contributed by atoms with E-state index >= 15 is 0 Å². The zero-order chi connectivity index (χ0) is 19.3. The maximum atomic E-state index is 12.2. The minimum Gasteiger partial charge on any atom is -0.307 e. The Labute approximate surface area is 165 Å². The maximum absolute atomic E-state index is 12.2. The van der Waals surface area contributed by atoms with Crippen LogP contribution in [0.3, 0.4) is 0 Å². The quantitative estimate of drug-likeness (QED) is 0.713. The van der Waals surface area contributed by atoms with Crippen LogP contribution in [-0.2, 0) is 0 Å². The van der Waals surface area contributed by atoms with Crippen LogP contribution >= 0.6 is 0 Å². The average Bonchev–Trinajstić information content (AvgIpc) is 3.22. The summed E-state index contributed by atoms with van der Waals surface area (Å²) in [4.78, 5) is 26.3. The molecule has 1 saturated heterocycles. The number of aromatic nitrogens is 3. The highest BCUT2D eigenvalue weighted by Crippen LogP contribution is 2.27. The Kier molecular flexibility index (Phi) is 5.63. The molecule has 3 heterocycles. The van der Waals surface area contributed by atoms with E-state index in [1.807, 2.05) is 12.1 Å². The molecule has 144 valence electrons. The molecule has 28 heavy (non-hydrogen) atoms. The van der Waals surface area contributed by atoms with Crippen molar-refractivity contribution < 1.29 is 0 Å². The van der Waals surface area contributed by atoms with Gasteiger partial charge in [0.2, 0.25) is 0 Å². The third-order valence-electron chi connectivity index (χ3n) is 5.65. The first kappa shape index (κ1) is 18.6. The van der Waals surface area contributed by atoms with Gasteiger partial charge < -0.3 is 9.88 Å². The molecule has 2 atom stereocenters. The predicted octanol–water partition coefficient (Wildman–Crippen LogP) is 3.82. The van der Waals surface area contributed by atoms with E-state index in [-0.39, 0.29) is 5.56 Å². The zero-order valence-electron chi connectivity index (χ0n) is 16.2. The molecule has 0 unspecified atom stereocenters. The van der Waals surface area contributed by atoms with Crippen molar-refractivity contribution in [3.63, 3.8) is 0 Å². The predicted molar refractivity (Wildman–Crippen MR) is 111 cm³/mol. The van der Waals surface area contributed by atoms with Crippen LogP contribution in [0.25, 0.3) is 11.4 Å². The Hall–Kier alpha value is -2.79. The second-order valence-electron chi connectivity index (χ2n) is 7.64. The number of nitrogens with one attached hydrogen (secondary N) is 1. The molecule has 5 nitrogen and oxygen atoms in total. The Balaban J connectivity index is 1.40. The van der Waals surface area contributed by atoms with Gasteiger partial charge in [-0.2, -0.15) is 0 Å². The van der Waals surface area contributed by atoms with Crippen molar-refractivity contribution in [3.05, 3.63) is 82.5 Å². The summed E-state index contributed by atoms with van der Waals surface area (Å²) in [7, 11) is 0. The van der Waals surface area contributed by atoms with Gasteiger partial charge in [-0.15, -0.1) is 0 Å². The second-order valence-corrected chi connectivity index (χ2v) is 7.64. The highest BCUT2D eigenvalue weighted by Gasteiger charge is 2.26. The summed E-state index contributed by atoms with van der Waals surface area (Å²) in [6.07, 6.45) is 5.62. The summed E-state index contributed by atoms with van der Waals surface area (Å²) in [6, 6.07) is 16.1. The Morgan fingerprint density at radius 2 is 1.96 bits per heavy atom. The topological polar surface area (TPSA) is 61.9 Å². The van der Waals surface area contributed by atoms with E-state index < -0.39 is 0 Å². The van der Waals surface area contributed by atoms with E-state index in [1.165, 1.54) is 5.56 Å². The van der Waals surface area contributed by atoms with Crippen molar-refractivity contribution in [2.24, 2.45) is 0 Å². The van der Waals surface area contributed by atoms with Crippen LogP contribution in [0.4, 0.5) is 0 Å². The van der Waals surface area contributed by atoms with Crippen LogP contribution in [0.15, 0.2) is 65.7 Å². The lowest BCUT2D eigenvalue weighted by Gasteiger charge is -2.19. The van der Waals surface area contributed by atoms with E-state index in [9.17, 15) is 4.79 Å². The van der Waals surface area contributed by atoms with Crippen molar-refractivity contribution in [2.75, 3.05) is 19.6 Å². The molecule has 1 aliphatic heterocycles. The normalized spacial score (nSPS) is 18.2. The summed E-state index contributed by atoms with van der Waals surface area (Å²) in [5, 5.41) is 0. The molecule has 0 radical (unpaired) electrons. The minimum absolute atomic E-state index is 0.0898. The van der Waals surface area contributed by atoms with E-state index in [0.29, 0.717) is 17.7 Å². The standard InChI is InChI=1S/C23H26N4O/c1-17(18-5-3-2-4-6-18)9-13-27-14-10-20(16-27)21-15-22(28)26-23(25-21)19-7-11-24-12-8-19/h2-8,11-12,15,17,20H,9-10,13-14,16H2,1H3,(H,25,26,28)/t17-,20-/m0/s1. The van der Waals surface area contributed by atoms with Gasteiger partial charge in [0, 0.05) is 36.5 Å². The van der Waals surface area contributed by atoms with E-state index in [2.05, 4.69) is 52.1 Å². The van der Waals surface area contributed by atoms with Gasteiger partial charge in [0.15, 0.2) is 0 Å². The van der Waals surface area contributed by atoms with Crippen molar-refractivity contribution in [2.45, 2.75) is 31.6 Å². The third kappa shape index (κ3) is 4.37. The minimum atomic E-state index is -0.0898. The van der Waals surface area contributed by atoms with Crippen molar-refractivity contribution in [1.82, 2.24) is 19.9 Å². The molecule has 3 aromatic rings. The lowest BCUT2D eigenvalue weighted by molar-refractivity contribution is 0.320. The van der Waals surface area contributed by atoms with Crippen LogP contribution in [0, 0.1) is 0 Å². The number of hydrogen-bond donors (Lipinski definition) is 1. The first-order valence-electron chi connectivity index (χ1n) is 9.98. The average molecular weight is 374 g/mol. The fourth-order valence-electron chi connectivity index (χ4n) is 3.93. The fourth-order valence-corrected chi connectivity index (χ4v) is 3.93. The molecule has 0 aliphatic carbocycles. The largest absolute Gasteiger partial charge is 0.307 e. The van der Waals surface area contributed by atoms with Crippen LogP contribution in [0.5, 0.6) is 0 Å². The van der Waals surface area contributed by atoms with Gasteiger partial charge in [-0.25, -0.2) is 4.98 Å². The molecule has 2 aromatic heterocycles. The summed E-state index contributed by atoms with van der Waals surface area (Å²) >= 11 is 0. The van der Waals surface area contributed by atoms with E-state index in [1.54, 1.807) is 18.5 Å². The molecule has 1 aliphatic rings. The maximum Gasteiger partial charge on any atom is 0.251 e. The van der Waals surface area contributed by atoms with Crippen LogP contribution in [0.1, 0.15) is 42.9 Å². The van der Waals surface area contributed by atoms with Gasteiger partial charge in [0.1, 0.15) is 5.82 Å². The Bertz CT molecular complexity index is 955. The molecule has 0 amide bonds. The molecule has 5 heteroatoms. The number of aromatic amines is 1. The van der Waals surface area contributed by atoms with Gasteiger partial charge in [-0.05, 0) is 49.5 Å². The lowest BCUT2D eigenvalue weighted by Crippen LogP contribution is -2.23. The number of benzene rings is 1. The molecular formula is C23H26N4O. The summed E-state index contributed by atoms with van der Waals surface area (Å²) in [5.41, 5.74) is 3.10. The Morgan fingerprint density at radius 1 is 1.18 bits per heavy atom. The van der Waals surface area contributed by atoms with Gasteiger partial charge in [-0.3, -0.25) is 9.78 Å². The molecule has 0 spiro atoms. The van der Waals surface area contributed by atoms with Crippen molar-refractivity contribution >= 4 is 0 Å². The number of pyridine rings is 1. The van der Waals surface area contributed by atoms with Gasteiger partial charge in [0.05, 0.1) is 5.69 Å². The third-order valence-corrected chi connectivity index (χ3v) is 5.65. The molecule has 0 saturated carbocycles. The summed E-state index contributed by atoms with van der Waals surface area (Å²) in [6.45, 7) is 5.40. The number of hydrogen-bond acceptors (Lipinski definition) is 4. The van der Waals surface area contributed by atoms with Crippen molar-refractivity contribution in [3.8, 4) is 11.4 Å². The van der Waals surface area contributed by atoms with E-state index in [0.717, 1.165) is 43.7 Å². The summed E-state index contributed by atoms with van der Waals surface area (Å²) in [5.74, 6) is 1.49. The first-order valence-corrected chi connectivity index (χ1v) is 9.98. The molecular weight excluding hydrogens is 348 g/mol. The van der Waals surface area contributed by atoms with Crippen molar-refractivity contribution in [1.29, 1.82) is 0 Å². The highest BCUT2D eigenvalue weighted by molar-refractivity contribution is 5.53. The number of rotatable bonds is 6. The number of nitrogens with zero attached hydrogens (tertiary/aromatic N) is 3. The number of likely N-dealkylation sites (tertiary alicyclic amines) is 1. The molecule has 1 N–H and O–H groups in total. The van der Waals surface area contributed by atoms with Gasteiger partial charge in [0.25, 0.3) is 5.56 Å². The van der Waals surface area contributed by atoms with Gasteiger partial charge in [-0.1, -0.05) is 37.3 Å². The smallest absolute Gasteiger partial charge is 0.251 e. The van der Waals surface area contributed by atoms with Crippen LogP contribution in [0.2, 0.25) is 0 Å². The Morgan fingerprint density at radius 3 is 2.75 bits per heavy atom. The first-order chi connectivity index (χ1) is 13.7. The number of H-pyrrole nitrogens is 1. The molecule has 1 aromatic carbocycles. The second kappa shape index (κ2) is 8.48. The zero-order valence-corrected chi connectivity index (χ0v) is 16.2. The van der Waals surface area contributed by atoms with Gasteiger partial charge >= 0.3 is 0 Å². The fraction of sp³-hybridized carbons (Fsp3) is 0.348. The molecule has 0 bridgehead atoms. The molecule has 4 rings (SSSR count). The summed E-state index contributed by atoms with van der Waals surface area (Å²) < 4.78 is 0. The molecule has 1 fully saturated rings.